The molecule has 1 aromatic rings. The van der Waals surface area contributed by atoms with Gasteiger partial charge in [0.25, 0.3) is 0 Å². The van der Waals surface area contributed by atoms with E-state index in [-0.39, 0.29) is 41.6 Å². The summed E-state index contributed by atoms with van der Waals surface area (Å²) in [5, 5.41) is 0.495. The van der Waals surface area contributed by atoms with Gasteiger partial charge >= 0.3 is 6.09 Å². The fourth-order valence-corrected chi connectivity index (χ4v) is 7.47. The first-order valence-electron chi connectivity index (χ1n) is 12.6. The Morgan fingerprint density at radius 1 is 1.12 bits per heavy atom. The highest BCUT2D eigenvalue weighted by Gasteiger charge is 2.42. The van der Waals surface area contributed by atoms with Gasteiger partial charge in [0.15, 0.2) is 0 Å². The number of carbonyl (C=O) groups is 1. The average molecular weight is 512 g/mol. The Hall–Kier alpha value is -1.35. The third kappa shape index (κ3) is 5.89. The molecule has 0 radical (unpaired) electrons. The van der Waals surface area contributed by atoms with Crippen LogP contribution in [0.5, 0.6) is 0 Å². The number of piperidine rings is 1. The van der Waals surface area contributed by atoms with Crippen LogP contribution in [0, 0.1) is 11.8 Å². The van der Waals surface area contributed by atoms with Crippen LogP contribution in [0.4, 0.5) is 4.79 Å². The molecule has 2 saturated heterocycles. The Bertz CT molecular complexity index is 951. The molecule has 3 atom stereocenters. The molecular formula is C25H38ClN3O4S. The predicted octanol–water partition coefficient (Wildman–Crippen LogP) is 4.46. The van der Waals surface area contributed by atoms with E-state index in [2.05, 4.69) is 11.8 Å². The monoisotopic (exact) mass is 511 g/mol. The second kappa shape index (κ2) is 10.7. The second-order valence-corrected chi connectivity index (χ2v) is 12.8. The maximum atomic E-state index is 13.7. The largest absolute Gasteiger partial charge is 0.448 e. The van der Waals surface area contributed by atoms with Crippen molar-refractivity contribution in [2.24, 2.45) is 11.8 Å². The van der Waals surface area contributed by atoms with Crippen LogP contribution < -0.4 is 0 Å². The van der Waals surface area contributed by atoms with Crippen molar-refractivity contribution in [3.05, 3.63) is 29.3 Å². The van der Waals surface area contributed by atoms with Gasteiger partial charge in [0.2, 0.25) is 10.0 Å². The Morgan fingerprint density at radius 2 is 1.82 bits per heavy atom. The molecule has 3 aliphatic rings. The molecule has 3 fully saturated rings. The van der Waals surface area contributed by atoms with Gasteiger partial charge < -0.3 is 9.64 Å². The highest BCUT2D eigenvalue weighted by molar-refractivity contribution is 7.89. The zero-order valence-corrected chi connectivity index (χ0v) is 22.1. The van der Waals surface area contributed by atoms with Crippen LogP contribution in [-0.4, -0.2) is 79.5 Å². The average Bonchev–Trinajstić information content (AvgIpc) is 3.61. The number of amides is 1. The zero-order chi connectivity index (χ0) is 24.5. The molecule has 0 unspecified atom stereocenters. The summed E-state index contributed by atoms with van der Waals surface area (Å²) in [6, 6.07) is 5.87. The van der Waals surface area contributed by atoms with Crippen LogP contribution in [-0.2, 0) is 14.8 Å². The van der Waals surface area contributed by atoms with Crippen LogP contribution >= 0.6 is 11.6 Å². The van der Waals surface area contributed by atoms with Crippen molar-refractivity contribution in [3.8, 4) is 0 Å². The van der Waals surface area contributed by atoms with Crippen molar-refractivity contribution >= 4 is 27.7 Å². The topological polar surface area (TPSA) is 70.2 Å². The molecule has 1 amide bonds. The van der Waals surface area contributed by atoms with E-state index in [1.165, 1.54) is 12.8 Å². The van der Waals surface area contributed by atoms with Crippen molar-refractivity contribution in [3.63, 3.8) is 0 Å². The number of ether oxygens (including phenoxy) is 1. The van der Waals surface area contributed by atoms with Crippen LogP contribution in [0.15, 0.2) is 29.2 Å². The zero-order valence-electron chi connectivity index (χ0n) is 20.5. The molecule has 7 nitrogen and oxygen atoms in total. The van der Waals surface area contributed by atoms with E-state index in [0.29, 0.717) is 18.0 Å². The lowest BCUT2D eigenvalue weighted by molar-refractivity contribution is 0.0284. The van der Waals surface area contributed by atoms with Gasteiger partial charge in [-0.15, -0.1) is 0 Å². The Morgan fingerprint density at radius 3 is 2.44 bits per heavy atom. The lowest BCUT2D eigenvalue weighted by Crippen LogP contribution is -2.56. The van der Waals surface area contributed by atoms with E-state index in [0.717, 1.165) is 38.4 Å². The van der Waals surface area contributed by atoms with Crippen molar-refractivity contribution in [1.82, 2.24) is 14.1 Å². The van der Waals surface area contributed by atoms with E-state index in [1.54, 1.807) is 33.5 Å². The standard InChI is InChI=1S/C25H38ClN3O4S/c1-18(2)24-6-4-5-22(29(24)34(31,32)23-11-9-21(26)10-12-23)17-33-25(30)28-14-13-27(15-19(28)3)16-20-7-8-20/h9-12,18-20,22,24H,4-8,13-17H2,1-3H3/t19-,22-,24+/m0/s1. The Balaban J connectivity index is 1.43. The van der Waals surface area contributed by atoms with Crippen LogP contribution in [0.25, 0.3) is 0 Å². The van der Waals surface area contributed by atoms with Gasteiger partial charge in [-0.05, 0) is 68.7 Å². The maximum Gasteiger partial charge on any atom is 0.410 e. The minimum Gasteiger partial charge on any atom is -0.448 e. The molecule has 0 aromatic heterocycles. The van der Waals surface area contributed by atoms with E-state index < -0.39 is 10.0 Å². The maximum absolute atomic E-state index is 13.7. The van der Waals surface area contributed by atoms with Gasteiger partial charge in [-0.2, -0.15) is 4.31 Å². The Labute approximate surface area is 209 Å². The molecule has 1 aromatic carbocycles. The SMILES string of the molecule is CC(C)[C@H]1CCC[C@@H](COC(=O)N2CCN(CC3CC3)C[C@@H]2C)N1S(=O)(=O)c1ccc(Cl)cc1. The summed E-state index contributed by atoms with van der Waals surface area (Å²) in [5.74, 6) is 0.986. The predicted molar refractivity (Wildman–Crippen MR) is 133 cm³/mol. The number of sulfonamides is 1. The van der Waals surface area contributed by atoms with E-state index in [9.17, 15) is 13.2 Å². The molecule has 1 aliphatic carbocycles. The molecule has 34 heavy (non-hydrogen) atoms. The van der Waals surface area contributed by atoms with Crippen molar-refractivity contribution < 1.29 is 17.9 Å². The number of hydrogen-bond donors (Lipinski definition) is 0. The first-order chi connectivity index (χ1) is 16.2. The fourth-order valence-electron chi connectivity index (χ4n) is 5.36. The molecule has 0 spiro atoms. The number of piperazine rings is 1. The molecule has 0 bridgehead atoms. The number of halogens is 1. The fraction of sp³-hybridized carbons (Fsp3) is 0.720. The van der Waals surface area contributed by atoms with Crippen LogP contribution in [0.1, 0.15) is 52.9 Å². The molecule has 2 aliphatic heterocycles. The normalized spacial score (nSPS) is 27.2. The van der Waals surface area contributed by atoms with E-state index in [1.807, 2.05) is 13.8 Å². The second-order valence-electron chi connectivity index (χ2n) is 10.5. The molecule has 2 heterocycles. The third-order valence-corrected chi connectivity index (χ3v) is 9.69. The van der Waals surface area contributed by atoms with Gasteiger partial charge in [0.05, 0.1) is 10.9 Å². The summed E-state index contributed by atoms with van der Waals surface area (Å²) in [5.41, 5.74) is 0. The third-order valence-electron chi connectivity index (χ3n) is 7.44. The number of nitrogens with zero attached hydrogens (tertiary/aromatic N) is 3. The summed E-state index contributed by atoms with van der Waals surface area (Å²) in [4.78, 5) is 17.4. The van der Waals surface area contributed by atoms with Crippen LogP contribution in [0.2, 0.25) is 5.02 Å². The van der Waals surface area contributed by atoms with Crippen molar-refractivity contribution in [1.29, 1.82) is 0 Å². The van der Waals surface area contributed by atoms with Crippen molar-refractivity contribution in [2.45, 2.75) is 75.9 Å². The molecule has 0 N–H and O–H groups in total. The van der Waals surface area contributed by atoms with Gasteiger partial charge in [-0.1, -0.05) is 31.9 Å². The first-order valence-corrected chi connectivity index (χ1v) is 14.4. The van der Waals surface area contributed by atoms with E-state index >= 15 is 0 Å². The smallest absolute Gasteiger partial charge is 0.410 e. The number of carbonyl (C=O) groups excluding carboxylic acids is 1. The Kier molecular flexibility index (Phi) is 8.12. The molecule has 4 rings (SSSR count). The van der Waals surface area contributed by atoms with Crippen molar-refractivity contribution in [2.75, 3.05) is 32.8 Å². The summed E-state index contributed by atoms with van der Waals surface area (Å²) in [7, 11) is -3.76. The van der Waals surface area contributed by atoms with Gasteiger partial charge in [-0.3, -0.25) is 4.90 Å². The molecule has 9 heteroatoms. The number of rotatable bonds is 7. The lowest BCUT2D eigenvalue weighted by Gasteiger charge is -2.43. The van der Waals surface area contributed by atoms with E-state index in [4.69, 9.17) is 16.3 Å². The molecule has 190 valence electrons. The minimum atomic E-state index is -3.76. The van der Waals surface area contributed by atoms with Gasteiger partial charge in [0.1, 0.15) is 6.61 Å². The highest BCUT2D eigenvalue weighted by atomic mass is 35.5. The number of hydrogen-bond acceptors (Lipinski definition) is 5. The summed E-state index contributed by atoms with van der Waals surface area (Å²) in [6.45, 7) is 9.74. The van der Waals surface area contributed by atoms with Crippen LogP contribution in [0.3, 0.4) is 0 Å². The minimum absolute atomic E-state index is 0.0733. The van der Waals surface area contributed by atoms with Gasteiger partial charge in [0, 0.05) is 43.3 Å². The highest BCUT2D eigenvalue weighted by Crippen LogP contribution is 2.34. The molecular weight excluding hydrogens is 474 g/mol. The quantitative estimate of drug-likeness (QED) is 0.540. The number of benzene rings is 1. The summed E-state index contributed by atoms with van der Waals surface area (Å²) >= 11 is 5.99. The summed E-state index contributed by atoms with van der Waals surface area (Å²) in [6.07, 6.45) is 4.70. The lowest BCUT2D eigenvalue weighted by atomic mass is 9.91. The van der Waals surface area contributed by atoms with Gasteiger partial charge in [-0.25, -0.2) is 13.2 Å². The summed E-state index contributed by atoms with van der Waals surface area (Å²) < 4.78 is 34.7. The first kappa shape index (κ1) is 25.7. The molecule has 1 saturated carbocycles.